The highest BCUT2D eigenvalue weighted by atomic mass is 79.9. The van der Waals surface area contributed by atoms with Crippen LogP contribution in [0.3, 0.4) is 0 Å². The van der Waals surface area contributed by atoms with Crippen LogP contribution in [0.5, 0.6) is 0 Å². The van der Waals surface area contributed by atoms with E-state index in [4.69, 9.17) is 4.74 Å². The van der Waals surface area contributed by atoms with Crippen LogP contribution in [0.15, 0.2) is 33.8 Å². The Labute approximate surface area is 111 Å². The number of hydrogen-bond acceptors (Lipinski definition) is 3. The van der Waals surface area contributed by atoms with Gasteiger partial charge >= 0.3 is 0 Å². The molecule has 1 unspecified atom stereocenters. The molecule has 0 amide bonds. The van der Waals surface area contributed by atoms with Gasteiger partial charge in [-0.2, -0.15) is 5.10 Å². The van der Waals surface area contributed by atoms with Crippen molar-refractivity contribution >= 4 is 22.1 Å². The lowest BCUT2D eigenvalue weighted by Crippen LogP contribution is -2.28. The van der Waals surface area contributed by atoms with Gasteiger partial charge in [-0.3, -0.25) is 5.01 Å². The summed E-state index contributed by atoms with van der Waals surface area (Å²) in [5, 5.41) is 6.67. The van der Waals surface area contributed by atoms with Gasteiger partial charge in [0.2, 0.25) is 0 Å². The van der Waals surface area contributed by atoms with Crippen molar-refractivity contribution in [2.75, 3.05) is 20.3 Å². The van der Waals surface area contributed by atoms with Crippen LogP contribution < -0.4 is 0 Å². The van der Waals surface area contributed by atoms with Crippen molar-refractivity contribution in [2.24, 2.45) is 5.10 Å². The Morgan fingerprint density at radius 3 is 2.94 bits per heavy atom. The van der Waals surface area contributed by atoms with Crippen LogP contribution in [0.1, 0.15) is 18.4 Å². The molecular formula is C13H17BrN2O. The summed E-state index contributed by atoms with van der Waals surface area (Å²) in [5.41, 5.74) is 1.12. The molecule has 1 fully saturated rings. The van der Waals surface area contributed by atoms with Gasteiger partial charge in [-0.15, -0.1) is 0 Å². The summed E-state index contributed by atoms with van der Waals surface area (Å²) < 4.78 is 6.29. The molecule has 1 saturated heterocycles. The number of methoxy groups -OCH3 is 1. The number of hydrogen-bond donors (Lipinski definition) is 0. The highest BCUT2D eigenvalue weighted by Crippen LogP contribution is 2.17. The van der Waals surface area contributed by atoms with E-state index in [1.807, 2.05) is 18.3 Å². The lowest BCUT2D eigenvalue weighted by Gasteiger charge is -2.20. The molecule has 0 aromatic heterocycles. The average Bonchev–Trinajstić information content (AvgIpc) is 2.77. The highest BCUT2D eigenvalue weighted by Gasteiger charge is 2.22. The van der Waals surface area contributed by atoms with E-state index in [1.54, 1.807) is 7.11 Å². The third-order valence-electron chi connectivity index (χ3n) is 2.93. The topological polar surface area (TPSA) is 24.8 Å². The van der Waals surface area contributed by atoms with E-state index in [-0.39, 0.29) is 0 Å². The number of rotatable bonds is 4. The zero-order chi connectivity index (χ0) is 12.1. The minimum atomic E-state index is 0.437. The maximum Gasteiger partial charge on any atom is 0.0704 e. The van der Waals surface area contributed by atoms with Crippen LogP contribution in [0.4, 0.5) is 0 Å². The largest absolute Gasteiger partial charge is 0.382 e. The van der Waals surface area contributed by atoms with Crippen molar-refractivity contribution in [1.82, 2.24) is 5.01 Å². The van der Waals surface area contributed by atoms with Crippen molar-refractivity contribution in [2.45, 2.75) is 18.9 Å². The normalized spacial score (nSPS) is 20.4. The van der Waals surface area contributed by atoms with Crippen molar-refractivity contribution in [1.29, 1.82) is 0 Å². The fourth-order valence-electron chi connectivity index (χ4n) is 2.02. The van der Waals surface area contributed by atoms with E-state index in [0.717, 1.165) is 23.2 Å². The van der Waals surface area contributed by atoms with Gasteiger partial charge in [0.1, 0.15) is 0 Å². The van der Waals surface area contributed by atoms with E-state index in [0.29, 0.717) is 6.04 Å². The summed E-state index contributed by atoms with van der Waals surface area (Å²) in [7, 11) is 1.74. The van der Waals surface area contributed by atoms with Gasteiger partial charge in [0, 0.05) is 18.1 Å². The van der Waals surface area contributed by atoms with Crippen LogP contribution in [0, 0.1) is 0 Å². The summed E-state index contributed by atoms with van der Waals surface area (Å²) in [5.74, 6) is 0. The highest BCUT2D eigenvalue weighted by molar-refractivity contribution is 9.10. The molecule has 1 atom stereocenters. The molecular weight excluding hydrogens is 280 g/mol. The lowest BCUT2D eigenvalue weighted by atomic mass is 10.2. The van der Waals surface area contributed by atoms with Gasteiger partial charge in [-0.25, -0.2) is 0 Å². The van der Waals surface area contributed by atoms with Crippen molar-refractivity contribution in [3.05, 3.63) is 34.3 Å². The number of hydrazone groups is 1. The maximum absolute atomic E-state index is 5.20. The van der Waals surface area contributed by atoms with Crippen molar-refractivity contribution in [3.63, 3.8) is 0 Å². The summed E-state index contributed by atoms with van der Waals surface area (Å²) in [6.45, 7) is 1.79. The first-order valence-electron chi connectivity index (χ1n) is 5.85. The molecule has 0 radical (unpaired) electrons. The third kappa shape index (κ3) is 3.54. The number of halogens is 1. The molecule has 0 bridgehead atoms. The van der Waals surface area contributed by atoms with Crippen LogP contribution in [-0.4, -0.2) is 37.5 Å². The van der Waals surface area contributed by atoms with E-state index in [2.05, 4.69) is 38.2 Å². The quantitative estimate of drug-likeness (QED) is 0.798. The predicted molar refractivity (Wildman–Crippen MR) is 73.3 cm³/mol. The molecule has 0 spiro atoms. The molecule has 0 aliphatic carbocycles. The standard InChI is InChI=1S/C13H17BrN2O/c1-17-10-13-3-2-8-16(13)15-9-11-4-6-12(14)7-5-11/h4-7,9,13H,2-3,8,10H2,1H3/b15-9+. The second-order valence-electron chi connectivity index (χ2n) is 4.21. The van der Waals surface area contributed by atoms with Crippen LogP contribution in [0.25, 0.3) is 0 Å². The lowest BCUT2D eigenvalue weighted by molar-refractivity contribution is 0.118. The smallest absolute Gasteiger partial charge is 0.0704 e. The van der Waals surface area contributed by atoms with Crippen LogP contribution >= 0.6 is 15.9 Å². The molecule has 1 aromatic rings. The average molecular weight is 297 g/mol. The molecule has 1 aromatic carbocycles. The third-order valence-corrected chi connectivity index (χ3v) is 3.46. The second kappa shape index (κ2) is 6.17. The SMILES string of the molecule is COCC1CCCN1/N=C/c1ccc(Br)cc1. The van der Waals surface area contributed by atoms with Crippen LogP contribution in [0.2, 0.25) is 0 Å². The molecule has 17 heavy (non-hydrogen) atoms. The van der Waals surface area contributed by atoms with Crippen molar-refractivity contribution in [3.8, 4) is 0 Å². The Bertz CT molecular complexity index is 378. The molecule has 3 nitrogen and oxygen atoms in total. The van der Waals surface area contributed by atoms with Crippen molar-refractivity contribution < 1.29 is 4.74 Å². The first kappa shape index (κ1) is 12.6. The number of benzene rings is 1. The fourth-order valence-corrected chi connectivity index (χ4v) is 2.29. The van der Waals surface area contributed by atoms with Gasteiger partial charge in [0.25, 0.3) is 0 Å². The van der Waals surface area contributed by atoms with E-state index in [1.165, 1.54) is 12.8 Å². The molecule has 1 aliphatic heterocycles. The monoisotopic (exact) mass is 296 g/mol. The summed E-state index contributed by atoms with van der Waals surface area (Å²) in [4.78, 5) is 0. The molecule has 1 heterocycles. The first-order valence-corrected chi connectivity index (χ1v) is 6.64. The Balaban J connectivity index is 1.97. The summed E-state index contributed by atoms with van der Waals surface area (Å²) in [6, 6.07) is 8.59. The maximum atomic E-state index is 5.20. The molecule has 0 N–H and O–H groups in total. The molecule has 1 aliphatic rings. The fraction of sp³-hybridized carbons (Fsp3) is 0.462. The van der Waals surface area contributed by atoms with E-state index in [9.17, 15) is 0 Å². The van der Waals surface area contributed by atoms with E-state index < -0.39 is 0 Å². The first-order chi connectivity index (χ1) is 8.29. The summed E-state index contributed by atoms with van der Waals surface area (Å²) in [6.07, 6.45) is 4.29. The minimum Gasteiger partial charge on any atom is -0.382 e. The van der Waals surface area contributed by atoms with Gasteiger partial charge in [0.05, 0.1) is 18.9 Å². The zero-order valence-electron chi connectivity index (χ0n) is 9.97. The second-order valence-corrected chi connectivity index (χ2v) is 5.13. The number of nitrogens with zero attached hydrogens (tertiary/aromatic N) is 2. The van der Waals surface area contributed by atoms with Crippen LogP contribution in [-0.2, 0) is 4.74 Å². The van der Waals surface area contributed by atoms with Gasteiger partial charge in [-0.05, 0) is 30.5 Å². The summed E-state index contributed by atoms with van der Waals surface area (Å²) >= 11 is 3.42. The minimum absolute atomic E-state index is 0.437. The molecule has 4 heteroatoms. The molecule has 0 saturated carbocycles. The van der Waals surface area contributed by atoms with Gasteiger partial charge in [0.15, 0.2) is 0 Å². The number of ether oxygens (including phenoxy) is 1. The Kier molecular flexibility index (Phi) is 4.57. The predicted octanol–water partition coefficient (Wildman–Crippen LogP) is 2.89. The zero-order valence-corrected chi connectivity index (χ0v) is 11.6. The Morgan fingerprint density at radius 2 is 2.24 bits per heavy atom. The Hall–Kier alpha value is -0.870. The van der Waals surface area contributed by atoms with Gasteiger partial charge in [-0.1, -0.05) is 28.1 Å². The van der Waals surface area contributed by atoms with E-state index >= 15 is 0 Å². The van der Waals surface area contributed by atoms with Gasteiger partial charge < -0.3 is 4.74 Å². The molecule has 92 valence electrons. The Morgan fingerprint density at radius 1 is 1.47 bits per heavy atom. The molecule has 2 rings (SSSR count).